The van der Waals surface area contributed by atoms with Crippen LogP contribution in [0.25, 0.3) is 11.3 Å². The van der Waals surface area contributed by atoms with Crippen molar-refractivity contribution in [1.82, 2.24) is 10.2 Å². The zero-order valence-electron chi connectivity index (χ0n) is 8.37. The lowest BCUT2D eigenvalue weighted by molar-refractivity contribution is -0.137. The van der Waals surface area contributed by atoms with Crippen LogP contribution in [0.3, 0.4) is 0 Å². The first-order valence-electron chi connectivity index (χ1n) is 4.64. The van der Waals surface area contributed by atoms with Gasteiger partial charge in [0, 0.05) is 5.56 Å². The second-order valence-electron chi connectivity index (χ2n) is 3.32. The van der Waals surface area contributed by atoms with Gasteiger partial charge in [-0.3, -0.25) is 0 Å². The van der Waals surface area contributed by atoms with Crippen molar-refractivity contribution in [2.75, 3.05) is 0 Å². The molecule has 2 rings (SSSR count). The van der Waals surface area contributed by atoms with E-state index in [1.807, 2.05) is 0 Å². The first-order chi connectivity index (χ1) is 7.97. The highest BCUT2D eigenvalue weighted by Gasteiger charge is 2.29. The second kappa shape index (κ2) is 4.44. The molecule has 0 unspecified atom stereocenters. The second-order valence-corrected chi connectivity index (χ2v) is 4.13. The van der Waals surface area contributed by atoms with Gasteiger partial charge in [0.1, 0.15) is 4.60 Å². The van der Waals surface area contributed by atoms with E-state index >= 15 is 0 Å². The van der Waals surface area contributed by atoms with Crippen LogP contribution in [0.5, 0.6) is 0 Å². The lowest BCUT2D eigenvalue weighted by Gasteiger charge is -2.07. The lowest BCUT2D eigenvalue weighted by Crippen LogP contribution is -2.04. The number of halogens is 4. The molecule has 6 heteroatoms. The van der Waals surface area contributed by atoms with Crippen molar-refractivity contribution in [2.45, 2.75) is 6.18 Å². The Labute approximate surface area is 104 Å². The van der Waals surface area contributed by atoms with Crippen molar-refractivity contribution < 1.29 is 13.2 Å². The fourth-order valence-electron chi connectivity index (χ4n) is 1.30. The van der Waals surface area contributed by atoms with Crippen LogP contribution in [0.15, 0.2) is 41.0 Å². The maximum atomic E-state index is 12.3. The van der Waals surface area contributed by atoms with Crippen molar-refractivity contribution >= 4 is 15.9 Å². The summed E-state index contributed by atoms with van der Waals surface area (Å²) in [6.07, 6.45) is -4.32. The van der Waals surface area contributed by atoms with Gasteiger partial charge < -0.3 is 0 Å². The average molecular weight is 303 g/mol. The number of hydrogen-bond acceptors (Lipinski definition) is 2. The van der Waals surface area contributed by atoms with Crippen LogP contribution < -0.4 is 0 Å². The Balaban J connectivity index is 2.33. The van der Waals surface area contributed by atoms with Crippen LogP contribution in [-0.4, -0.2) is 10.2 Å². The van der Waals surface area contributed by atoms with Crippen molar-refractivity contribution in [2.24, 2.45) is 0 Å². The molecule has 17 heavy (non-hydrogen) atoms. The number of hydrogen-bond donors (Lipinski definition) is 0. The van der Waals surface area contributed by atoms with Gasteiger partial charge >= 0.3 is 6.18 Å². The molecule has 1 aromatic heterocycles. The molecule has 0 spiro atoms. The summed E-state index contributed by atoms with van der Waals surface area (Å²) in [4.78, 5) is 0. The Hall–Kier alpha value is -1.43. The number of benzene rings is 1. The van der Waals surface area contributed by atoms with E-state index in [0.717, 1.165) is 12.1 Å². The molecule has 0 saturated carbocycles. The first kappa shape index (κ1) is 12.0. The standard InChI is InChI=1S/C11H6BrF3N2/c12-10-6-5-9(16-17-10)7-1-3-8(4-2-7)11(13,14)15/h1-6H. The third kappa shape index (κ3) is 2.82. The van der Waals surface area contributed by atoms with Gasteiger partial charge in [0.2, 0.25) is 0 Å². The summed E-state index contributed by atoms with van der Waals surface area (Å²) in [5.74, 6) is 0. The van der Waals surface area contributed by atoms with Crippen LogP contribution in [0.1, 0.15) is 5.56 Å². The fourth-order valence-corrected chi connectivity index (χ4v) is 1.51. The molecule has 1 heterocycles. The van der Waals surface area contributed by atoms with E-state index < -0.39 is 11.7 Å². The molecule has 0 aliphatic rings. The van der Waals surface area contributed by atoms with Gasteiger partial charge in [-0.25, -0.2) is 0 Å². The molecule has 1 aromatic carbocycles. The maximum Gasteiger partial charge on any atom is 0.416 e. The Bertz CT molecular complexity index is 506. The highest BCUT2D eigenvalue weighted by Crippen LogP contribution is 2.30. The summed E-state index contributed by atoms with van der Waals surface area (Å²) in [6.45, 7) is 0. The normalized spacial score (nSPS) is 11.5. The molecule has 0 aliphatic carbocycles. The minimum absolute atomic E-state index is 0.530. The summed E-state index contributed by atoms with van der Waals surface area (Å²) >= 11 is 3.13. The van der Waals surface area contributed by atoms with Crippen LogP contribution in [0, 0.1) is 0 Å². The Morgan fingerprint density at radius 2 is 1.53 bits per heavy atom. The van der Waals surface area contributed by atoms with E-state index in [4.69, 9.17) is 0 Å². The van der Waals surface area contributed by atoms with Gasteiger partial charge in [0.05, 0.1) is 11.3 Å². The van der Waals surface area contributed by atoms with E-state index in [1.165, 1.54) is 12.1 Å². The van der Waals surface area contributed by atoms with E-state index in [1.54, 1.807) is 12.1 Å². The summed E-state index contributed by atoms with van der Waals surface area (Å²) in [5, 5.41) is 7.63. The maximum absolute atomic E-state index is 12.3. The zero-order valence-corrected chi connectivity index (χ0v) is 9.96. The summed E-state index contributed by atoms with van der Waals surface area (Å²) in [6, 6.07) is 8.17. The number of nitrogens with zero attached hydrogens (tertiary/aromatic N) is 2. The average Bonchev–Trinajstić information content (AvgIpc) is 2.29. The molecule has 0 N–H and O–H groups in total. The Morgan fingerprint density at radius 3 is 2.00 bits per heavy atom. The molecular formula is C11H6BrF3N2. The Morgan fingerprint density at radius 1 is 0.882 bits per heavy atom. The molecule has 0 fully saturated rings. The summed E-state index contributed by atoms with van der Waals surface area (Å²) in [7, 11) is 0. The van der Waals surface area contributed by atoms with Gasteiger partial charge in [-0.05, 0) is 40.2 Å². The molecule has 0 bridgehead atoms. The van der Waals surface area contributed by atoms with E-state index in [0.29, 0.717) is 15.9 Å². The van der Waals surface area contributed by atoms with Crippen LogP contribution in [0.4, 0.5) is 13.2 Å². The van der Waals surface area contributed by atoms with Crippen molar-refractivity contribution in [1.29, 1.82) is 0 Å². The molecule has 0 atom stereocenters. The predicted molar refractivity (Wildman–Crippen MR) is 60.2 cm³/mol. The summed E-state index contributed by atoms with van der Waals surface area (Å²) in [5.41, 5.74) is 0.450. The number of rotatable bonds is 1. The highest BCUT2D eigenvalue weighted by molar-refractivity contribution is 9.10. The fraction of sp³-hybridized carbons (Fsp3) is 0.0909. The van der Waals surface area contributed by atoms with Gasteiger partial charge in [0.15, 0.2) is 0 Å². The quantitative estimate of drug-likeness (QED) is 0.798. The van der Waals surface area contributed by atoms with E-state index in [2.05, 4.69) is 26.1 Å². The molecule has 0 saturated heterocycles. The van der Waals surface area contributed by atoms with Crippen LogP contribution >= 0.6 is 15.9 Å². The number of alkyl halides is 3. The lowest BCUT2D eigenvalue weighted by atomic mass is 10.1. The van der Waals surface area contributed by atoms with Gasteiger partial charge in [-0.2, -0.15) is 13.2 Å². The van der Waals surface area contributed by atoms with E-state index in [-0.39, 0.29) is 0 Å². The van der Waals surface area contributed by atoms with Gasteiger partial charge in [-0.15, -0.1) is 10.2 Å². The number of aromatic nitrogens is 2. The molecule has 0 amide bonds. The minimum atomic E-state index is -4.32. The monoisotopic (exact) mass is 302 g/mol. The van der Waals surface area contributed by atoms with Crippen molar-refractivity contribution in [3.8, 4) is 11.3 Å². The predicted octanol–water partition coefficient (Wildman–Crippen LogP) is 3.92. The highest BCUT2D eigenvalue weighted by atomic mass is 79.9. The minimum Gasteiger partial charge on any atom is -0.166 e. The topological polar surface area (TPSA) is 25.8 Å². The van der Waals surface area contributed by atoms with Crippen molar-refractivity contribution in [3.63, 3.8) is 0 Å². The van der Waals surface area contributed by atoms with Gasteiger partial charge in [0.25, 0.3) is 0 Å². The molecule has 88 valence electrons. The molecule has 0 aliphatic heterocycles. The van der Waals surface area contributed by atoms with Gasteiger partial charge in [-0.1, -0.05) is 12.1 Å². The third-order valence-corrected chi connectivity index (χ3v) is 2.56. The smallest absolute Gasteiger partial charge is 0.166 e. The molecular weight excluding hydrogens is 297 g/mol. The van der Waals surface area contributed by atoms with E-state index in [9.17, 15) is 13.2 Å². The SMILES string of the molecule is FC(F)(F)c1ccc(-c2ccc(Br)nn2)cc1. The Kier molecular flexibility index (Phi) is 3.15. The first-order valence-corrected chi connectivity index (χ1v) is 5.43. The van der Waals surface area contributed by atoms with Crippen LogP contribution in [0.2, 0.25) is 0 Å². The third-order valence-electron chi connectivity index (χ3n) is 2.14. The molecule has 0 radical (unpaired) electrons. The van der Waals surface area contributed by atoms with Crippen LogP contribution in [-0.2, 0) is 6.18 Å². The molecule has 2 nitrogen and oxygen atoms in total. The largest absolute Gasteiger partial charge is 0.416 e. The molecule has 2 aromatic rings. The van der Waals surface area contributed by atoms with Crippen molar-refractivity contribution in [3.05, 3.63) is 46.6 Å². The zero-order chi connectivity index (χ0) is 12.5. The summed E-state index contributed by atoms with van der Waals surface area (Å²) < 4.78 is 37.6.